The van der Waals surface area contributed by atoms with E-state index >= 15 is 0 Å². The van der Waals surface area contributed by atoms with E-state index in [4.69, 9.17) is 23.2 Å². The minimum atomic E-state index is -0.0909. The van der Waals surface area contributed by atoms with Crippen LogP contribution in [0.4, 0.5) is 0 Å². The number of rotatable bonds is 4. The zero-order valence-electron chi connectivity index (χ0n) is 10.3. The van der Waals surface area contributed by atoms with Gasteiger partial charge in [-0.2, -0.15) is 0 Å². The Labute approximate surface area is 131 Å². The molecular formula is C14H13BrCl2N2. The summed E-state index contributed by atoms with van der Waals surface area (Å²) in [4.78, 5) is 4.43. The van der Waals surface area contributed by atoms with Crippen LogP contribution in [0.3, 0.4) is 0 Å². The van der Waals surface area contributed by atoms with Crippen LogP contribution in [0.15, 0.2) is 41.0 Å². The first kappa shape index (κ1) is 14.8. The molecule has 2 rings (SSSR count). The molecule has 100 valence electrons. The van der Waals surface area contributed by atoms with Crippen LogP contribution in [0.2, 0.25) is 10.0 Å². The van der Waals surface area contributed by atoms with E-state index in [0.717, 1.165) is 22.3 Å². The van der Waals surface area contributed by atoms with Crippen LogP contribution >= 0.6 is 39.1 Å². The monoisotopic (exact) mass is 358 g/mol. The molecule has 19 heavy (non-hydrogen) atoms. The fourth-order valence-electron chi connectivity index (χ4n) is 1.90. The third-order valence-electron chi connectivity index (χ3n) is 2.74. The maximum absolute atomic E-state index is 6.29. The van der Waals surface area contributed by atoms with Gasteiger partial charge in [0.05, 0.1) is 11.7 Å². The van der Waals surface area contributed by atoms with Crippen molar-refractivity contribution in [2.24, 2.45) is 0 Å². The second-order valence-electron chi connectivity index (χ2n) is 4.03. The van der Waals surface area contributed by atoms with Gasteiger partial charge in [0.15, 0.2) is 0 Å². The molecule has 1 aromatic carbocycles. The third-order valence-corrected chi connectivity index (χ3v) is 3.99. The fourth-order valence-corrected chi connectivity index (χ4v) is 2.80. The van der Waals surface area contributed by atoms with Crippen molar-refractivity contribution in [1.82, 2.24) is 10.3 Å². The number of pyridine rings is 1. The molecule has 0 spiro atoms. The molecule has 0 radical (unpaired) electrons. The van der Waals surface area contributed by atoms with Crippen LogP contribution < -0.4 is 5.32 Å². The highest BCUT2D eigenvalue weighted by Crippen LogP contribution is 2.32. The van der Waals surface area contributed by atoms with E-state index in [-0.39, 0.29) is 6.04 Å². The Morgan fingerprint density at radius 3 is 2.79 bits per heavy atom. The Hall–Kier alpha value is -0.610. The van der Waals surface area contributed by atoms with Gasteiger partial charge < -0.3 is 5.32 Å². The quantitative estimate of drug-likeness (QED) is 0.843. The highest BCUT2D eigenvalue weighted by atomic mass is 79.9. The lowest BCUT2D eigenvalue weighted by atomic mass is 10.0. The molecule has 1 heterocycles. The van der Waals surface area contributed by atoms with E-state index < -0.39 is 0 Å². The Bertz CT molecular complexity index is 575. The predicted octanol–water partition coefficient (Wildman–Crippen LogP) is 4.85. The Balaban J connectivity index is 2.51. The second kappa shape index (κ2) is 6.71. The molecule has 1 unspecified atom stereocenters. The first-order valence-electron chi connectivity index (χ1n) is 5.92. The van der Waals surface area contributed by atoms with Gasteiger partial charge in [-0.1, -0.05) is 30.1 Å². The molecule has 0 bridgehead atoms. The number of benzene rings is 1. The lowest BCUT2D eigenvalue weighted by molar-refractivity contribution is 0.613. The van der Waals surface area contributed by atoms with Crippen molar-refractivity contribution in [2.75, 3.05) is 6.54 Å². The van der Waals surface area contributed by atoms with Gasteiger partial charge in [0, 0.05) is 20.7 Å². The van der Waals surface area contributed by atoms with Crippen molar-refractivity contribution >= 4 is 39.1 Å². The largest absolute Gasteiger partial charge is 0.305 e. The number of hydrogen-bond donors (Lipinski definition) is 1. The fraction of sp³-hybridized carbons (Fsp3) is 0.214. The number of hydrogen-bond acceptors (Lipinski definition) is 2. The molecule has 0 fully saturated rings. The Morgan fingerprint density at radius 2 is 2.11 bits per heavy atom. The van der Waals surface area contributed by atoms with Crippen molar-refractivity contribution in [3.05, 3.63) is 62.3 Å². The molecular weight excluding hydrogens is 347 g/mol. The van der Waals surface area contributed by atoms with Crippen molar-refractivity contribution in [3.8, 4) is 0 Å². The summed E-state index contributed by atoms with van der Waals surface area (Å²) in [7, 11) is 0. The summed E-state index contributed by atoms with van der Waals surface area (Å²) in [6, 6.07) is 9.22. The zero-order valence-corrected chi connectivity index (χ0v) is 13.4. The second-order valence-corrected chi connectivity index (χ2v) is 5.72. The summed E-state index contributed by atoms with van der Waals surface area (Å²) in [5, 5.41) is 4.72. The molecule has 1 N–H and O–H groups in total. The molecule has 0 aliphatic carbocycles. The predicted molar refractivity (Wildman–Crippen MR) is 83.9 cm³/mol. The van der Waals surface area contributed by atoms with Crippen LogP contribution in [0.1, 0.15) is 24.2 Å². The third kappa shape index (κ3) is 3.48. The van der Waals surface area contributed by atoms with Crippen molar-refractivity contribution in [2.45, 2.75) is 13.0 Å². The average Bonchev–Trinajstić information content (AvgIpc) is 2.40. The van der Waals surface area contributed by atoms with E-state index in [9.17, 15) is 0 Å². The van der Waals surface area contributed by atoms with Gasteiger partial charge in [-0.05, 0) is 58.4 Å². The summed E-state index contributed by atoms with van der Waals surface area (Å²) >= 11 is 15.9. The van der Waals surface area contributed by atoms with E-state index in [1.807, 2.05) is 25.1 Å². The van der Waals surface area contributed by atoms with Gasteiger partial charge in [0.25, 0.3) is 0 Å². The van der Waals surface area contributed by atoms with Crippen LogP contribution in [0, 0.1) is 0 Å². The van der Waals surface area contributed by atoms with E-state index in [2.05, 4.69) is 26.2 Å². The number of halogens is 3. The molecule has 2 nitrogen and oxygen atoms in total. The van der Waals surface area contributed by atoms with Crippen molar-refractivity contribution in [1.29, 1.82) is 0 Å². The summed E-state index contributed by atoms with van der Waals surface area (Å²) in [6.45, 7) is 2.85. The summed E-state index contributed by atoms with van der Waals surface area (Å²) in [5.41, 5.74) is 1.82. The first-order chi connectivity index (χ1) is 9.13. The lowest BCUT2D eigenvalue weighted by Crippen LogP contribution is -2.23. The lowest BCUT2D eigenvalue weighted by Gasteiger charge is -2.20. The molecule has 0 amide bonds. The van der Waals surface area contributed by atoms with Gasteiger partial charge >= 0.3 is 0 Å². The normalized spacial score (nSPS) is 12.4. The SMILES string of the molecule is CCNC(c1cc(Cl)ccc1Cl)c1ncccc1Br. The van der Waals surface area contributed by atoms with E-state index in [1.54, 1.807) is 18.3 Å². The maximum Gasteiger partial charge on any atom is 0.0777 e. The summed E-state index contributed by atoms with van der Waals surface area (Å²) in [6.07, 6.45) is 1.77. The van der Waals surface area contributed by atoms with Gasteiger partial charge in [-0.25, -0.2) is 0 Å². The van der Waals surface area contributed by atoms with Crippen LogP contribution in [0.25, 0.3) is 0 Å². The average molecular weight is 360 g/mol. The number of nitrogens with one attached hydrogen (secondary N) is 1. The Kier molecular flexibility index (Phi) is 5.22. The summed E-state index contributed by atoms with van der Waals surface area (Å²) in [5.74, 6) is 0. The molecule has 2 aromatic rings. The van der Waals surface area contributed by atoms with Gasteiger partial charge in [0.2, 0.25) is 0 Å². The van der Waals surface area contributed by atoms with Crippen molar-refractivity contribution < 1.29 is 0 Å². The smallest absolute Gasteiger partial charge is 0.0777 e. The molecule has 1 atom stereocenters. The number of aromatic nitrogens is 1. The van der Waals surface area contributed by atoms with Crippen LogP contribution in [0.5, 0.6) is 0 Å². The molecule has 0 aliphatic heterocycles. The highest BCUT2D eigenvalue weighted by molar-refractivity contribution is 9.10. The van der Waals surface area contributed by atoms with Crippen LogP contribution in [-0.4, -0.2) is 11.5 Å². The number of nitrogens with zero attached hydrogens (tertiary/aromatic N) is 1. The van der Waals surface area contributed by atoms with Crippen LogP contribution in [-0.2, 0) is 0 Å². The standard InChI is InChI=1S/C14H13BrCl2N2/c1-2-18-13(14-11(15)4-3-7-19-14)10-8-9(16)5-6-12(10)17/h3-8,13,18H,2H2,1H3. The molecule has 0 aliphatic rings. The van der Waals surface area contributed by atoms with Gasteiger partial charge in [-0.15, -0.1) is 0 Å². The minimum absolute atomic E-state index is 0.0909. The van der Waals surface area contributed by atoms with Crippen molar-refractivity contribution in [3.63, 3.8) is 0 Å². The van der Waals surface area contributed by atoms with Gasteiger partial charge in [-0.3, -0.25) is 4.98 Å². The van der Waals surface area contributed by atoms with Gasteiger partial charge in [0.1, 0.15) is 0 Å². The maximum atomic E-state index is 6.29. The topological polar surface area (TPSA) is 24.9 Å². The van der Waals surface area contributed by atoms with E-state index in [0.29, 0.717) is 10.0 Å². The molecule has 0 saturated carbocycles. The Morgan fingerprint density at radius 1 is 1.32 bits per heavy atom. The van der Waals surface area contributed by atoms with E-state index in [1.165, 1.54) is 0 Å². The molecule has 5 heteroatoms. The first-order valence-corrected chi connectivity index (χ1v) is 7.47. The summed E-state index contributed by atoms with van der Waals surface area (Å²) < 4.78 is 0.942. The minimum Gasteiger partial charge on any atom is -0.305 e. The zero-order chi connectivity index (χ0) is 13.8. The highest BCUT2D eigenvalue weighted by Gasteiger charge is 2.19. The molecule has 1 aromatic heterocycles. The molecule has 0 saturated heterocycles.